The SMILES string of the molecule is CC1Oc2ccc(CN)cc2N(CCN2CCCC2)C1=O. The zero-order valence-corrected chi connectivity index (χ0v) is 12.5. The van der Waals surface area contributed by atoms with Crippen molar-refractivity contribution in [2.45, 2.75) is 32.4 Å². The first-order valence-electron chi connectivity index (χ1n) is 7.72. The van der Waals surface area contributed by atoms with Crippen molar-refractivity contribution >= 4 is 11.6 Å². The molecule has 5 nitrogen and oxygen atoms in total. The maximum Gasteiger partial charge on any atom is 0.267 e. The Kier molecular flexibility index (Phi) is 4.12. The molecule has 114 valence electrons. The summed E-state index contributed by atoms with van der Waals surface area (Å²) in [5, 5.41) is 0. The average Bonchev–Trinajstić information content (AvgIpc) is 3.01. The van der Waals surface area contributed by atoms with Crippen LogP contribution in [0.5, 0.6) is 5.75 Å². The van der Waals surface area contributed by atoms with Crippen LogP contribution in [-0.4, -0.2) is 43.1 Å². The molecule has 3 rings (SSSR count). The monoisotopic (exact) mass is 289 g/mol. The Morgan fingerprint density at radius 3 is 2.76 bits per heavy atom. The average molecular weight is 289 g/mol. The standard InChI is InChI=1S/C16H23N3O2/c1-12-16(20)19(9-8-18-6-2-3-7-18)14-10-13(11-17)4-5-15(14)21-12/h4-5,10,12H,2-3,6-9,11,17H2,1H3. The Morgan fingerprint density at radius 2 is 2.05 bits per heavy atom. The van der Waals surface area contributed by atoms with Crippen LogP contribution in [0, 0.1) is 0 Å². The van der Waals surface area contributed by atoms with Crippen LogP contribution in [0.1, 0.15) is 25.3 Å². The molecule has 2 heterocycles. The molecule has 1 aromatic carbocycles. The number of rotatable bonds is 4. The lowest BCUT2D eigenvalue weighted by molar-refractivity contribution is -0.125. The van der Waals surface area contributed by atoms with Crippen molar-refractivity contribution in [3.63, 3.8) is 0 Å². The van der Waals surface area contributed by atoms with E-state index in [0.29, 0.717) is 13.1 Å². The summed E-state index contributed by atoms with van der Waals surface area (Å²) in [5.74, 6) is 0.816. The molecule has 1 atom stereocenters. The number of ether oxygens (including phenoxy) is 1. The summed E-state index contributed by atoms with van der Waals surface area (Å²) in [5.41, 5.74) is 7.59. The molecule has 1 amide bonds. The van der Waals surface area contributed by atoms with Gasteiger partial charge in [-0.15, -0.1) is 0 Å². The third-order valence-corrected chi connectivity index (χ3v) is 4.31. The largest absolute Gasteiger partial charge is 0.479 e. The van der Waals surface area contributed by atoms with E-state index in [0.717, 1.165) is 36.6 Å². The Balaban J connectivity index is 1.81. The minimum absolute atomic E-state index is 0.0378. The van der Waals surface area contributed by atoms with Crippen molar-refractivity contribution in [1.29, 1.82) is 0 Å². The highest BCUT2D eigenvalue weighted by Gasteiger charge is 2.31. The minimum atomic E-state index is -0.417. The van der Waals surface area contributed by atoms with E-state index < -0.39 is 6.10 Å². The van der Waals surface area contributed by atoms with Gasteiger partial charge < -0.3 is 20.3 Å². The molecule has 5 heteroatoms. The fourth-order valence-electron chi connectivity index (χ4n) is 3.06. The smallest absolute Gasteiger partial charge is 0.267 e. The quantitative estimate of drug-likeness (QED) is 0.909. The van der Waals surface area contributed by atoms with Gasteiger partial charge in [0.2, 0.25) is 0 Å². The van der Waals surface area contributed by atoms with Gasteiger partial charge in [-0.25, -0.2) is 0 Å². The number of amides is 1. The van der Waals surface area contributed by atoms with Gasteiger partial charge in [0.15, 0.2) is 6.10 Å². The topological polar surface area (TPSA) is 58.8 Å². The Hall–Kier alpha value is -1.59. The van der Waals surface area contributed by atoms with Crippen molar-refractivity contribution in [3.8, 4) is 5.75 Å². The fourth-order valence-corrected chi connectivity index (χ4v) is 3.06. The van der Waals surface area contributed by atoms with Crippen molar-refractivity contribution in [2.75, 3.05) is 31.1 Å². The highest BCUT2D eigenvalue weighted by Crippen LogP contribution is 2.34. The maximum atomic E-state index is 12.4. The Bertz CT molecular complexity index is 526. The summed E-state index contributed by atoms with van der Waals surface area (Å²) in [6, 6.07) is 5.85. The second-order valence-electron chi connectivity index (χ2n) is 5.80. The Labute approximate surface area is 125 Å². The molecule has 21 heavy (non-hydrogen) atoms. The second-order valence-corrected chi connectivity index (χ2v) is 5.80. The zero-order chi connectivity index (χ0) is 14.8. The normalized spacial score (nSPS) is 22.3. The molecule has 0 aromatic heterocycles. The molecule has 2 aliphatic heterocycles. The van der Waals surface area contributed by atoms with Gasteiger partial charge in [0.1, 0.15) is 5.75 Å². The van der Waals surface area contributed by atoms with Crippen molar-refractivity contribution < 1.29 is 9.53 Å². The zero-order valence-electron chi connectivity index (χ0n) is 12.5. The minimum Gasteiger partial charge on any atom is -0.479 e. The van der Waals surface area contributed by atoms with Gasteiger partial charge in [0.05, 0.1) is 5.69 Å². The molecule has 0 aliphatic carbocycles. The molecule has 0 radical (unpaired) electrons. The van der Waals surface area contributed by atoms with E-state index in [2.05, 4.69) is 4.90 Å². The molecule has 1 aromatic rings. The van der Waals surface area contributed by atoms with E-state index in [1.165, 1.54) is 12.8 Å². The van der Waals surface area contributed by atoms with E-state index in [1.54, 1.807) is 0 Å². The lowest BCUT2D eigenvalue weighted by Crippen LogP contribution is -2.47. The van der Waals surface area contributed by atoms with Gasteiger partial charge in [0, 0.05) is 19.6 Å². The maximum absolute atomic E-state index is 12.4. The number of hydrogen-bond donors (Lipinski definition) is 1. The molecular weight excluding hydrogens is 266 g/mol. The number of hydrogen-bond acceptors (Lipinski definition) is 4. The summed E-state index contributed by atoms with van der Waals surface area (Å²) in [6.07, 6.45) is 2.11. The van der Waals surface area contributed by atoms with Crippen molar-refractivity contribution in [3.05, 3.63) is 23.8 Å². The fraction of sp³-hybridized carbons (Fsp3) is 0.562. The van der Waals surface area contributed by atoms with Crippen LogP contribution in [0.2, 0.25) is 0 Å². The van der Waals surface area contributed by atoms with Crippen LogP contribution in [-0.2, 0) is 11.3 Å². The summed E-state index contributed by atoms with van der Waals surface area (Å²) < 4.78 is 5.70. The number of likely N-dealkylation sites (tertiary alicyclic amines) is 1. The highest BCUT2D eigenvalue weighted by molar-refractivity contribution is 5.99. The summed E-state index contributed by atoms with van der Waals surface area (Å²) >= 11 is 0. The van der Waals surface area contributed by atoms with Gasteiger partial charge in [-0.2, -0.15) is 0 Å². The predicted molar refractivity (Wildman–Crippen MR) is 82.5 cm³/mol. The summed E-state index contributed by atoms with van der Waals surface area (Å²) in [4.78, 5) is 16.7. The third-order valence-electron chi connectivity index (χ3n) is 4.31. The summed E-state index contributed by atoms with van der Waals surface area (Å²) in [6.45, 7) is 6.20. The van der Waals surface area contributed by atoms with Crippen LogP contribution in [0.3, 0.4) is 0 Å². The molecule has 0 bridgehead atoms. The molecule has 0 saturated carbocycles. The first-order chi connectivity index (χ1) is 10.2. The van der Waals surface area contributed by atoms with E-state index in [4.69, 9.17) is 10.5 Å². The molecule has 0 spiro atoms. The number of benzene rings is 1. The molecule has 1 saturated heterocycles. The van der Waals surface area contributed by atoms with E-state index in [1.807, 2.05) is 30.0 Å². The molecular formula is C16H23N3O2. The number of anilines is 1. The van der Waals surface area contributed by atoms with Crippen LogP contribution >= 0.6 is 0 Å². The molecule has 1 fully saturated rings. The first kappa shape index (κ1) is 14.4. The van der Waals surface area contributed by atoms with Gasteiger partial charge in [0.25, 0.3) is 5.91 Å². The van der Waals surface area contributed by atoms with Gasteiger partial charge >= 0.3 is 0 Å². The number of nitrogens with two attached hydrogens (primary N) is 1. The number of nitrogens with zero attached hydrogens (tertiary/aromatic N) is 2. The third kappa shape index (κ3) is 2.89. The number of fused-ring (bicyclic) bond motifs is 1. The molecule has 1 unspecified atom stereocenters. The lowest BCUT2D eigenvalue weighted by atomic mass is 10.1. The van der Waals surface area contributed by atoms with Crippen LogP contribution in [0.25, 0.3) is 0 Å². The van der Waals surface area contributed by atoms with Gasteiger partial charge in [-0.05, 0) is 50.6 Å². The van der Waals surface area contributed by atoms with E-state index in [9.17, 15) is 4.79 Å². The number of carbonyl (C=O) groups is 1. The first-order valence-corrected chi connectivity index (χ1v) is 7.72. The van der Waals surface area contributed by atoms with Gasteiger partial charge in [-0.1, -0.05) is 6.07 Å². The number of carbonyl (C=O) groups excluding carboxylic acids is 1. The van der Waals surface area contributed by atoms with Crippen LogP contribution in [0.4, 0.5) is 5.69 Å². The Morgan fingerprint density at radius 1 is 1.29 bits per heavy atom. The lowest BCUT2D eigenvalue weighted by Gasteiger charge is -2.34. The van der Waals surface area contributed by atoms with Crippen LogP contribution < -0.4 is 15.4 Å². The predicted octanol–water partition coefficient (Wildman–Crippen LogP) is 1.35. The van der Waals surface area contributed by atoms with Gasteiger partial charge in [-0.3, -0.25) is 4.79 Å². The van der Waals surface area contributed by atoms with Crippen molar-refractivity contribution in [2.24, 2.45) is 5.73 Å². The molecule has 2 aliphatic rings. The highest BCUT2D eigenvalue weighted by atomic mass is 16.5. The molecule has 2 N–H and O–H groups in total. The van der Waals surface area contributed by atoms with Crippen molar-refractivity contribution in [1.82, 2.24) is 4.90 Å². The van der Waals surface area contributed by atoms with E-state index >= 15 is 0 Å². The van der Waals surface area contributed by atoms with Crippen LogP contribution in [0.15, 0.2) is 18.2 Å². The second kappa shape index (κ2) is 6.03. The summed E-state index contributed by atoms with van der Waals surface area (Å²) in [7, 11) is 0. The van der Waals surface area contributed by atoms with E-state index in [-0.39, 0.29) is 5.91 Å².